The zero-order valence-corrected chi connectivity index (χ0v) is 9.55. The van der Waals surface area contributed by atoms with E-state index in [0.717, 1.165) is 11.1 Å². The molecule has 0 radical (unpaired) electrons. The van der Waals surface area contributed by atoms with Crippen molar-refractivity contribution >= 4 is 10.9 Å². The van der Waals surface area contributed by atoms with Crippen LogP contribution in [0.25, 0.3) is 22.0 Å². The van der Waals surface area contributed by atoms with Crippen LogP contribution in [0.2, 0.25) is 0 Å². The third-order valence-electron chi connectivity index (χ3n) is 2.97. The van der Waals surface area contributed by atoms with Crippen LogP contribution in [0.3, 0.4) is 0 Å². The Morgan fingerprint density at radius 3 is 2.44 bits per heavy atom. The Bertz CT molecular complexity index is 757. The first-order chi connectivity index (χ1) is 8.75. The summed E-state index contributed by atoms with van der Waals surface area (Å²) in [4.78, 5) is 15.4. The second kappa shape index (κ2) is 4.04. The van der Waals surface area contributed by atoms with E-state index in [1.165, 1.54) is 0 Å². The van der Waals surface area contributed by atoms with Crippen molar-refractivity contribution in [2.45, 2.75) is 0 Å². The molecule has 0 unspecified atom stereocenters. The number of aromatic amines is 1. The molecule has 3 nitrogen and oxygen atoms in total. The molecule has 0 atom stereocenters. The fraction of sp³-hybridized carbons (Fsp3) is 0. The molecule has 0 fully saturated rings. The van der Waals surface area contributed by atoms with Gasteiger partial charge in [-0.05, 0) is 29.8 Å². The van der Waals surface area contributed by atoms with Crippen LogP contribution in [0.15, 0.2) is 59.5 Å². The lowest BCUT2D eigenvalue weighted by Crippen LogP contribution is -2.05. The fourth-order valence-electron chi connectivity index (χ4n) is 2.02. The number of pyridine rings is 1. The second-order valence-electron chi connectivity index (χ2n) is 4.12. The number of aromatic hydroxyl groups is 1. The number of fused-ring (bicyclic) bond motifs is 1. The van der Waals surface area contributed by atoms with Gasteiger partial charge in [0.15, 0.2) is 5.43 Å². The van der Waals surface area contributed by atoms with Gasteiger partial charge < -0.3 is 10.1 Å². The lowest BCUT2D eigenvalue weighted by molar-refractivity contribution is 0.475. The van der Waals surface area contributed by atoms with Crippen LogP contribution >= 0.6 is 0 Å². The van der Waals surface area contributed by atoms with E-state index in [2.05, 4.69) is 4.98 Å². The van der Waals surface area contributed by atoms with Crippen LogP contribution in [-0.2, 0) is 0 Å². The van der Waals surface area contributed by atoms with Crippen molar-refractivity contribution in [3.05, 3.63) is 65.0 Å². The average Bonchev–Trinajstić information content (AvgIpc) is 2.41. The first kappa shape index (κ1) is 10.6. The highest BCUT2D eigenvalue weighted by Crippen LogP contribution is 2.20. The Morgan fingerprint density at radius 1 is 0.944 bits per heavy atom. The minimum atomic E-state index is -0.00459. The SMILES string of the molecule is O=c1c(-c2ccc(O)cc2)c[nH]c2ccccc12. The summed E-state index contributed by atoms with van der Waals surface area (Å²) < 4.78 is 0. The molecule has 0 saturated heterocycles. The minimum absolute atomic E-state index is 0.00459. The van der Waals surface area contributed by atoms with Gasteiger partial charge in [-0.15, -0.1) is 0 Å². The Kier molecular flexibility index (Phi) is 2.38. The van der Waals surface area contributed by atoms with Crippen molar-refractivity contribution in [2.75, 3.05) is 0 Å². The third kappa shape index (κ3) is 1.66. The fourth-order valence-corrected chi connectivity index (χ4v) is 2.02. The number of hydrogen-bond donors (Lipinski definition) is 2. The van der Waals surface area contributed by atoms with Gasteiger partial charge in [-0.25, -0.2) is 0 Å². The molecular weight excluding hydrogens is 226 g/mol. The van der Waals surface area contributed by atoms with Crippen molar-refractivity contribution in [3.63, 3.8) is 0 Å². The van der Waals surface area contributed by atoms with E-state index in [-0.39, 0.29) is 11.2 Å². The number of hydrogen-bond acceptors (Lipinski definition) is 2. The van der Waals surface area contributed by atoms with Crippen LogP contribution in [0.5, 0.6) is 5.75 Å². The normalized spacial score (nSPS) is 10.7. The highest BCUT2D eigenvalue weighted by atomic mass is 16.3. The number of phenols is 1. The predicted molar refractivity (Wildman–Crippen MR) is 71.7 cm³/mol. The molecule has 18 heavy (non-hydrogen) atoms. The Morgan fingerprint density at radius 2 is 1.67 bits per heavy atom. The molecule has 0 spiro atoms. The summed E-state index contributed by atoms with van der Waals surface area (Å²) >= 11 is 0. The molecule has 3 aromatic rings. The number of phenolic OH excluding ortho intramolecular Hbond substituents is 1. The average molecular weight is 237 g/mol. The summed E-state index contributed by atoms with van der Waals surface area (Å²) in [5.41, 5.74) is 2.22. The lowest BCUT2D eigenvalue weighted by Gasteiger charge is -2.03. The van der Waals surface area contributed by atoms with Crippen LogP contribution in [0.1, 0.15) is 0 Å². The highest BCUT2D eigenvalue weighted by Gasteiger charge is 2.06. The van der Waals surface area contributed by atoms with E-state index < -0.39 is 0 Å². The maximum atomic E-state index is 12.3. The molecule has 88 valence electrons. The van der Waals surface area contributed by atoms with Crippen LogP contribution in [0.4, 0.5) is 0 Å². The summed E-state index contributed by atoms with van der Waals surface area (Å²) in [6, 6.07) is 14.0. The van der Waals surface area contributed by atoms with Gasteiger partial charge in [0.25, 0.3) is 0 Å². The molecule has 0 amide bonds. The highest BCUT2D eigenvalue weighted by molar-refractivity contribution is 5.83. The van der Waals surface area contributed by atoms with E-state index in [1.807, 2.05) is 18.2 Å². The zero-order chi connectivity index (χ0) is 12.5. The maximum Gasteiger partial charge on any atom is 0.197 e. The first-order valence-electron chi connectivity index (χ1n) is 5.65. The van der Waals surface area contributed by atoms with E-state index in [1.54, 1.807) is 36.5 Å². The van der Waals surface area contributed by atoms with E-state index >= 15 is 0 Å². The second-order valence-corrected chi connectivity index (χ2v) is 4.12. The van der Waals surface area contributed by atoms with Gasteiger partial charge in [-0.3, -0.25) is 4.79 Å². The molecule has 0 aliphatic carbocycles. The molecule has 0 saturated carbocycles. The van der Waals surface area contributed by atoms with Gasteiger partial charge in [0.1, 0.15) is 5.75 Å². The summed E-state index contributed by atoms with van der Waals surface area (Å²) in [7, 11) is 0. The van der Waals surface area contributed by atoms with Crippen LogP contribution in [0, 0.1) is 0 Å². The van der Waals surface area contributed by atoms with Crippen molar-refractivity contribution in [1.29, 1.82) is 0 Å². The molecule has 1 heterocycles. The maximum absolute atomic E-state index is 12.3. The van der Waals surface area contributed by atoms with E-state index in [4.69, 9.17) is 0 Å². The third-order valence-corrected chi connectivity index (χ3v) is 2.97. The molecule has 2 aromatic carbocycles. The zero-order valence-electron chi connectivity index (χ0n) is 9.55. The number of aromatic nitrogens is 1. The molecule has 0 aliphatic heterocycles. The lowest BCUT2D eigenvalue weighted by atomic mass is 10.0. The molecule has 1 aromatic heterocycles. The molecule has 2 N–H and O–H groups in total. The summed E-state index contributed by atoms with van der Waals surface area (Å²) in [5, 5.41) is 9.93. The van der Waals surface area contributed by atoms with Gasteiger partial charge >= 0.3 is 0 Å². The van der Waals surface area contributed by atoms with Gasteiger partial charge in [-0.2, -0.15) is 0 Å². The number of H-pyrrole nitrogens is 1. The Hall–Kier alpha value is -2.55. The summed E-state index contributed by atoms with van der Waals surface area (Å²) in [6.45, 7) is 0. The van der Waals surface area contributed by atoms with E-state index in [0.29, 0.717) is 10.9 Å². The number of para-hydroxylation sites is 1. The minimum Gasteiger partial charge on any atom is -0.508 e. The summed E-state index contributed by atoms with van der Waals surface area (Å²) in [5.74, 6) is 0.191. The van der Waals surface area contributed by atoms with Crippen molar-refractivity contribution in [2.24, 2.45) is 0 Å². The van der Waals surface area contributed by atoms with Crippen molar-refractivity contribution < 1.29 is 5.11 Å². The molecular formula is C15H11NO2. The standard InChI is InChI=1S/C15H11NO2/c17-11-7-5-10(6-8-11)13-9-16-14-4-2-1-3-12(14)15(13)18/h1-9,17H,(H,16,18). The molecule has 0 bridgehead atoms. The van der Waals surface area contributed by atoms with Gasteiger partial charge in [-0.1, -0.05) is 24.3 Å². The molecule has 0 aliphatic rings. The molecule has 3 rings (SSSR count). The topological polar surface area (TPSA) is 53.1 Å². The molecule has 3 heteroatoms. The van der Waals surface area contributed by atoms with Gasteiger partial charge in [0.05, 0.1) is 0 Å². The number of benzene rings is 2. The first-order valence-corrected chi connectivity index (χ1v) is 5.65. The predicted octanol–water partition coefficient (Wildman–Crippen LogP) is 2.90. The van der Waals surface area contributed by atoms with Crippen LogP contribution < -0.4 is 5.43 Å². The Balaban J connectivity index is 2.27. The van der Waals surface area contributed by atoms with Crippen molar-refractivity contribution in [1.82, 2.24) is 4.98 Å². The smallest absolute Gasteiger partial charge is 0.197 e. The van der Waals surface area contributed by atoms with Crippen LogP contribution in [-0.4, -0.2) is 10.1 Å². The number of nitrogens with one attached hydrogen (secondary N) is 1. The Labute approximate surface area is 103 Å². The largest absolute Gasteiger partial charge is 0.508 e. The van der Waals surface area contributed by atoms with E-state index in [9.17, 15) is 9.90 Å². The van der Waals surface area contributed by atoms with Crippen molar-refractivity contribution in [3.8, 4) is 16.9 Å². The summed E-state index contributed by atoms with van der Waals surface area (Å²) in [6.07, 6.45) is 1.71. The number of rotatable bonds is 1. The van der Waals surface area contributed by atoms with Gasteiger partial charge in [0, 0.05) is 22.7 Å². The van der Waals surface area contributed by atoms with Gasteiger partial charge in [0.2, 0.25) is 0 Å². The quantitative estimate of drug-likeness (QED) is 0.683. The monoisotopic (exact) mass is 237 g/mol.